The van der Waals surface area contributed by atoms with Gasteiger partial charge in [-0.1, -0.05) is 6.07 Å². The maximum absolute atomic E-state index is 12.5. The SMILES string of the molecule is COc1cc2c(cc1CNc1cncc(C(=O)N3CCCC3)n1)CCC2. The van der Waals surface area contributed by atoms with Crippen molar-refractivity contribution in [3.05, 3.63) is 46.9 Å². The number of hydrogen-bond acceptors (Lipinski definition) is 5. The molecule has 2 aromatic rings. The second-order valence-electron chi connectivity index (χ2n) is 6.93. The lowest BCUT2D eigenvalue weighted by Gasteiger charge is -2.15. The van der Waals surface area contributed by atoms with Crippen LogP contribution < -0.4 is 10.1 Å². The van der Waals surface area contributed by atoms with E-state index in [-0.39, 0.29) is 5.91 Å². The van der Waals surface area contributed by atoms with E-state index in [4.69, 9.17) is 4.74 Å². The van der Waals surface area contributed by atoms with Crippen LogP contribution in [0.1, 0.15) is 46.4 Å². The minimum Gasteiger partial charge on any atom is -0.496 e. The minimum absolute atomic E-state index is 0.0336. The van der Waals surface area contributed by atoms with Crippen LogP contribution in [-0.4, -0.2) is 41.0 Å². The van der Waals surface area contributed by atoms with Gasteiger partial charge >= 0.3 is 0 Å². The van der Waals surface area contributed by atoms with Crippen molar-refractivity contribution >= 4 is 11.7 Å². The van der Waals surface area contributed by atoms with Gasteiger partial charge in [-0.3, -0.25) is 9.78 Å². The zero-order valence-corrected chi connectivity index (χ0v) is 15.1. The van der Waals surface area contributed by atoms with Crippen LogP contribution in [0.3, 0.4) is 0 Å². The molecule has 0 atom stereocenters. The molecule has 0 unspecified atom stereocenters. The van der Waals surface area contributed by atoms with Gasteiger partial charge in [0.1, 0.15) is 17.3 Å². The summed E-state index contributed by atoms with van der Waals surface area (Å²) in [7, 11) is 1.70. The molecule has 1 fully saturated rings. The third-order valence-corrected chi connectivity index (χ3v) is 5.20. The Labute approximate surface area is 153 Å². The van der Waals surface area contributed by atoms with E-state index in [9.17, 15) is 4.79 Å². The third kappa shape index (κ3) is 3.36. The molecule has 0 radical (unpaired) electrons. The summed E-state index contributed by atoms with van der Waals surface area (Å²) < 4.78 is 5.55. The Morgan fingerprint density at radius 2 is 1.92 bits per heavy atom. The average molecular weight is 352 g/mol. The quantitative estimate of drug-likeness (QED) is 0.896. The number of carbonyl (C=O) groups excluding carboxylic acids is 1. The molecule has 2 heterocycles. The number of aryl methyl sites for hydroxylation is 2. The first-order valence-corrected chi connectivity index (χ1v) is 9.28. The second-order valence-corrected chi connectivity index (χ2v) is 6.93. The number of anilines is 1. The zero-order valence-electron chi connectivity index (χ0n) is 15.1. The van der Waals surface area contributed by atoms with Crippen molar-refractivity contribution in [2.45, 2.75) is 38.6 Å². The summed E-state index contributed by atoms with van der Waals surface area (Å²) in [5.41, 5.74) is 4.30. The van der Waals surface area contributed by atoms with Crippen molar-refractivity contribution in [1.82, 2.24) is 14.9 Å². The number of ether oxygens (including phenoxy) is 1. The van der Waals surface area contributed by atoms with Crippen molar-refractivity contribution in [3.63, 3.8) is 0 Å². The Morgan fingerprint density at radius 1 is 1.15 bits per heavy atom. The highest BCUT2D eigenvalue weighted by molar-refractivity contribution is 5.92. The maximum atomic E-state index is 12.5. The molecule has 0 spiro atoms. The molecule has 2 aliphatic rings. The molecule has 26 heavy (non-hydrogen) atoms. The highest BCUT2D eigenvalue weighted by atomic mass is 16.5. The van der Waals surface area contributed by atoms with Crippen LogP contribution in [0.2, 0.25) is 0 Å². The van der Waals surface area contributed by atoms with Gasteiger partial charge in [-0.2, -0.15) is 0 Å². The highest BCUT2D eigenvalue weighted by Crippen LogP contribution is 2.30. The molecule has 1 aliphatic carbocycles. The average Bonchev–Trinajstić information content (AvgIpc) is 3.36. The van der Waals surface area contributed by atoms with Crippen LogP contribution in [-0.2, 0) is 19.4 Å². The molecule has 1 aromatic carbocycles. The van der Waals surface area contributed by atoms with Crippen LogP contribution >= 0.6 is 0 Å². The van der Waals surface area contributed by atoms with E-state index in [1.54, 1.807) is 19.5 Å². The Hall–Kier alpha value is -2.63. The first kappa shape index (κ1) is 16.8. The minimum atomic E-state index is -0.0336. The topological polar surface area (TPSA) is 67.3 Å². The molecule has 6 heteroatoms. The van der Waals surface area contributed by atoms with E-state index < -0.39 is 0 Å². The van der Waals surface area contributed by atoms with E-state index in [2.05, 4.69) is 27.4 Å². The number of hydrogen-bond donors (Lipinski definition) is 1. The fraction of sp³-hybridized carbons (Fsp3) is 0.450. The van der Waals surface area contributed by atoms with Crippen LogP contribution in [0.25, 0.3) is 0 Å². The van der Waals surface area contributed by atoms with Crippen molar-refractivity contribution in [3.8, 4) is 5.75 Å². The number of aromatic nitrogens is 2. The van der Waals surface area contributed by atoms with Gasteiger partial charge in [-0.25, -0.2) is 4.98 Å². The summed E-state index contributed by atoms with van der Waals surface area (Å²) in [6.45, 7) is 2.21. The molecule has 1 saturated heterocycles. The third-order valence-electron chi connectivity index (χ3n) is 5.20. The number of amides is 1. The van der Waals surface area contributed by atoms with Gasteiger partial charge in [-0.15, -0.1) is 0 Å². The molecule has 1 aromatic heterocycles. The normalized spacial score (nSPS) is 15.8. The highest BCUT2D eigenvalue weighted by Gasteiger charge is 2.21. The monoisotopic (exact) mass is 352 g/mol. The lowest BCUT2D eigenvalue weighted by Crippen LogP contribution is -2.28. The summed E-state index contributed by atoms with van der Waals surface area (Å²) in [6, 6.07) is 4.37. The molecule has 1 amide bonds. The maximum Gasteiger partial charge on any atom is 0.274 e. The summed E-state index contributed by atoms with van der Waals surface area (Å²) in [4.78, 5) is 23.0. The van der Waals surface area contributed by atoms with Gasteiger partial charge in [0.05, 0.1) is 19.5 Å². The van der Waals surface area contributed by atoms with E-state index >= 15 is 0 Å². The number of carbonyl (C=O) groups is 1. The van der Waals surface area contributed by atoms with Gasteiger partial charge in [0.2, 0.25) is 0 Å². The molecule has 1 aliphatic heterocycles. The van der Waals surface area contributed by atoms with E-state index in [0.717, 1.165) is 50.1 Å². The molecule has 0 saturated carbocycles. The molecular formula is C20H24N4O2. The number of likely N-dealkylation sites (tertiary alicyclic amines) is 1. The van der Waals surface area contributed by atoms with Crippen LogP contribution in [0, 0.1) is 0 Å². The number of fused-ring (bicyclic) bond motifs is 1. The zero-order chi connectivity index (χ0) is 17.9. The van der Waals surface area contributed by atoms with E-state index in [1.807, 2.05) is 4.90 Å². The summed E-state index contributed by atoms with van der Waals surface area (Å²) in [5, 5.41) is 3.29. The lowest BCUT2D eigenvalue weighted by molar-refractivity contribution is 0.0786. The van der Waals surface area contributed by atoms with Gasteiger partial charge in [-0.05, 0) is 49.3 Å². The predicted molar refractivity (Wildman–Crippen MR) is 99.5 cm³/mol. The van der Waals surface area contributed by atoms with Crippen molar-refractivity contribution in [2.24, 2.45) is 0 Å². The van der Waals surface area contributed by atoms with Crippen molar-refractivity contribution in [1.29, 1.82) is 0 Å². The Bertz CT molecular complexity index is 815. The number of methoxy groups -OCH3 is 1. The molecule has 6 nitrogen and oxygen atoms in total. The molecule has 1 N–H and O–H groups in total. The standard InChI is InChI=1S/C20H24N4O2/c1-26-18-10-15-6-4-5-14(15)9-16(18)11-22-19-13-21-12-17(23-19)20(25)24-7-2-3-8-24/h9-10,12-13H,2-8,11H2,1H3,(H,22,23). The lowest BCUT2D eigenvalue weighted by atomic mass is 10.0. The second kappa shape index (κ2) is 7.32. The van der Waals surface area contributed by atoms with Gasteiger partial charge in [0.25, 0.3) is 5.91 Å². The first-order valence-electron chi connectivity index (χ1n) is 9.28. The van der Waals surface area contributed by atoms with Gasteiger partial charge < -0.3 is 15.0 Å². The van der Waals surface area contributed by atoms with Crippen molar-refractivity contribution in [2.75, 3.05) is 25.5 Å². The van der Waals surface area contributed by atoms with E-state index in [0.29, 0.717) is 18.1 Å². The fourth-order valence-electron chi connectivity index (χ4n) is 3.80. The molecule has 4 rings (SSSR count). The Balaban J connectivity index is 1.48. The number of nitrogens with one attached hydrogen (secondary N) is 1. The largest absolute Gasteiger partial charge is 0.496 e. The number of nitrogens with zero attached hydrogens (tertiary/aromatic N) is 3. The van der Waals surface area contributed by atoms with Gasteiger partial charge in [0.15, 0.2) is 0 Å². The number of benzene rings is 1. The Kier molecular flexibility index (Phi) is 4.73. The molecule has 136 valence electrons. The summed E-state index contributed by atoms with van der Waals surface area (Å²) in [5.74, 6) is 1.47. The fourth-order valence-corrected chi connectivity index (χ4v) is 3.80. The predicted octanol–water partition coefficient (Wildman–Crippen LogP) is 2.82. The van der Waals surface area contributed by atoms with E-state index in [1.165, 1.54) is 17.5 Å². The smallest absolute Gasteiger partial charge is 0.274 e. The Morgan fingerprint density at radius 3 is 2.69 bits per heavy atom. The summed E-state index contributed by atoms with van der Waals surface area (Å²) >= 11 is 0. The molecule has 0 bridgehead atoms. The summed E-state index contributed by atoms with van der Waals surface area (Å²) in [6.07, 6.45) is 8.80. The van der Waals surface area contributed by atoms with Crippen LogP contribution in [0.15, 0.2) is 24.5 Å². The molecular weight excluding hydrogens is 328 g/mol. The van der Waals surface area contributed by atoms with Crippen LogP contribution in [0.4, 0.5) is 5.82 Å². The number of rotatable bonds is 5. The van der Waals surface area contributed by atoms with Crippen LogP contribution in [0.5, 0.6) is 5.75 Å². The first-order chi connectivity index (χ1) is 12.7. The van der Waals surface area contributed by atoms with Crippen molar-refractivity contribution < 1.29 is 9.53 Å². The van der Waals surface area contributed by atoms with Gasteiger partial charge in [0, 0.05) is 25.2 Å².